The van der Waals surface area contributed by atoms with Gasteiger partial charge in [-0.05, 0) is 25.1 Å². The molecule has 1 aliphatic heterocycles. The van der Waals surface area contributed by atoms with Crippen LogP contribution in [0.5, 0.6) is 0 Å². The summed E-state index contributed by atoms with van der Waals surface area (Å²) in [7, 11) is 1.38. The molecule has 1 unspecified atom stereocenters. The Balaban J connectivity index is 1.94. The van der Waals surface area contributed by atoms with Gasteiger partial charge < -0.3 is 10.0 Å². The predicted molar refractivity (Wildman–Crippen MR) is 72.1 cm³/mol. The second-order valence-corrected chi connectivity index (χ2v) is 5.18. The molecule has 7 heteroatoms. The summed E-state index contributed by atoms with van der Waals surface area (Å²) >= 11 is 0. The van der Waals surface area contributed by atoms with Gasteiger partial charge in [0, 0.05) is 18.8 Å². The summed E-state index contributed by atoms with van der Waals surface area (Å²) in [4.78, 5) is 14.9. The third-order valence-corrected chi connectivity index (χ3v) is 3.46. The van der Waals surface area contributed by atoms with Gasteiger partial charge in [-0.15, -0.1) is 0 Å². The molecule has 1 amide bonds. The van der Waals surface area contributed by atoms with Gasteiger partial charge in [-0.25, -0.2) is 0 Å². The van der Waals surface area contributed by atoms with Crippen LogP contribution < -0.4 is 4.90 Å². The highest BCUT2D eigenvalue weighted by atomic mass is 19.4. The summed E-state index contributed by atoms with van der Waals surface area (Å²) in [5.41, 5.74) is 1.87. The Morgan fingerprint density at radius 2 is 2.10 bits per heavy atom. The number of fused-ring (bicyclic) bond motifs is 1. The Hall–Kier alpha value is -1.60. The van der Waals surface area contributed by atoms with Crippen LogP contribution >= 0.6 is 0 Å². The number of benzene rings is 1. The molecule has 0 fully saturated rings. The second kappa shape index (κ2) is 6.03. The van der Waals surface area contributed by atoms with Crippen LogP contribution in [0.4, 0.5) is 18.9 Å². The largest absolute Gasteiger partial charge is 0.415 e. The van der Waals surface area contributed by atoms with Gasteiger partial charge in [0.2, 0.25) is 5.91 Å². The minimum atomic E-state index is -4.67. The van der Waals surface area contributed by atoms with E-state index in [1.54, 1.807) is 4.90 Å². The molecule has 0 radical (unpaired) electrons. The molecule has 0 bridgehead atoms. The molecule has 116 valence electrons. The molecule has 4 nitrogen and oxygen atoms in total. The fourth-order valence-electron chi connectivity index (χ4n) is 2.38. The van der Waals surface area contributed by atoms with Crippen molar-refractivity contribution >= 4 is 11.6 Å². The number of hydrogen-bond donors (Lipinski definition) is 1. The number of rotatable bonds is 4. The summed E-state index contributed by atoms with van der Waals surface area (Å²) in [6, 6.07) is 7.46. The third-order valence-electron chi connectivity index (χ3n) is 3.46. The molecule has 0 spiro atoms. The van der Waals surface area contributed by atoms with Gasteiger partial charge >= 0.3 is 6.18 Å². The van der Waals surface area contributed by atoms with Gasteiger partial charge in [0.25, 0.3) is 0 Å². The quantitative estimate of drug-likeness (QED) is 0.915. The Morgan fingerprint density at radius 3 is 2.76 bits per heavy atom. The lowest BCUT2D eigenvalue weighted by atomic mass is 10.2. The van der Waals surface area contributed by atoms with E-state index in [1.807, 2.05) is 24.3 Å². The van der Waals surface area contributed by atoms with Crippen LogP contribution in [0.2, 0.25) is 0 Å². The Bertz CT molecular complexity index is 519. The Labute approximate surface area is 120 Å². The molecule has 1 aliphatic rings. The van der Waals surface area contributed by atoms with Crippen molar-refractivity contribution in [2.45, 2.75) is 18.7 Å². The van der Waals surface area contributed by atoms with Crippen molar-refractivity contribution < 1.29 is 23.1 Å². The molecular formula is C14H17F3N2O2. The molecule has 1 atom stereocenters. The monoisotopic (exact) mass is 302 g/mol. The van der Waals surface area contributed by atoms with Crippen molar-refractivity contribution in [3.05, 3.63) is 29.8 Å². The van der Waals surface area contributed by atoms with Crippen molar-refractivity contribution in [2.75, 3.05) is 31.6 Å². The number of aliphatic hydroxyl groups excluding tert-OH is 1. The number of hydrogen-bond acceptors (Lipinski definition) is 3. The zero-order chi connectivity index (χ0) is 15.6. The summed E-state index contributed by atoms with van der Waals surface area (Å²) in [6.07, 6.45) is -6.37. The van der Waals surface area contributed by atoms with Gasteiger partial charge in [0.1, 0.15) is 0 Å². The zero-order valence-corrected chi connectivity index (χ0v) is 11.6. The van der Waals surface area contributed by atoms with E-state index in [1.165, 1.54) is 11.9 Å². The topological polar surface area (TPSA) is 43.8 Å². The number of alkyl halides is 3. The van der Waals surface area contributed by atoms with Crippen molar-refractivity contribution in [1.82, 2.24) is 4.90 Å². The average Bonchev–Trinajstić information content (AvgIpc) is 2.81. The maximum Gasteiger partial charge on any atom is 0.415 e. The van der Waals surface area contributed by atoms with Crippen molar-refractivity contribution in [2.24, 2.45) is 0 Å². The molecule has 0 saturated carbocycles. The highest BCUT2D eigenvalue weighted by Gasteiger charge is 2.39. The number of carbonyl (C=O) groups excluding carboxylic acids is 1. The maximum absolute atomic E-state index is 12.3. The van der Waals surface area contributed by atoms with Crippen LogP contribution in [0.25, 0.3) is 0 Å². The number of nitrogens with zero attached hydrogens (tertiary/aromatic N) is 2. The first-order chi connectivity index (χ1) is 9.79. The normalized spacial score (nSPS) is 16.2. The van der Waals surface area contributed by atoms with Gasteiger partial charge in [-0.1, -0.05) is 18.2 Å². The highest BCUT2D eigenvalue weighted by molar-refractivity contribution is 5.96. The number of halogens is 3. The smallest absolute Gasteiger partial charge is 0.382 e. The first-order valence-corrected chi connectivity index (χ1v) is 6.60. The lowest BCUT2D eigenvalue weighted by Crippen LogP contribution is -2.44. The molecule has 0 aromatic heterocycles. The van der Waals surface area contributed by atoms with E-state index in [0.717, 1.165) is 17.7 Å². The van der Waals surface area contributed by atoms with Crippen LogP contribution in [0.3, 0.4) is 0 Å². The SMILES string of the molecule is CN(CC(=O)N1CCc2ccccc21)CC(O)C(F)(F)F. The summed E-state index contributed by atoms with van der Waals surface area (Å²) in [6.45, 7) is -0.250. The van der Waals surface area contributed by atoms with E-state index in [2.05, 4.69) is 0 Å². The Kier molecular flexibility index (Phi) is 4.53. The summed E-state index contributed by atoms with van der Waals surface area (Å²) in [5, 5.41) is 9.00. The molecule has 1 aromatic rings. The van der Waals surface area contributed by atoms with Crippen LogP contribution in [0.15, 0.2) is 24.3 Å². The fourth-order valence-corrected chi connectivity index (χ4v) is 2.38. The first-order valence-electron chi connectivity index (χ1n) is 6.60. The molecule has 1 heterocycles. The molecule has 0 saturated heterocycles. The number of anilines is 1. The van der Waals surface area contributed by atoms with Gasteiger partial charge in [0.15, 0.2) is 6.10 Å². The van der Waals surface area contributed by atoms with Crippen molar-refractivity contribution in [1.29, 1.82) is 0 Å². The van der Waals surface area contributed by atoms with Gasteiger partial charge in [0.05, 0.1) is 6.54 Å². The van der Waals surface area contributed by atoms with E-state index >= 15 is 0 Å². The first kappa shape index (κ1) is 15.8. The van der Waals surface area contributed by atoms with E-state index in [0.29, 0.717) is 6.54 Å². The van der Waals surface area contributed by atoms with Crippen LogP contribution in [0.1, 0.15) is 5.56 Å². The third kappa shape index (κ3) is 3.74. The minimum Gasteiger partial charge on any atom is -0.382 e. The predicted octanol–water partition coefficient (Wildman–Crippen LogP) is 1.43. The maximum atomic E-state index is 12.3. The summed E-state index contributed by atoms with van der Waals surface area (Å²) in [5.74, 6) is -0.267. The van der Waals surface area contributed by atoms with E-state index < -0.39 is 18.8 Å². The molecule has 1 aromatic carbocycles. The second-order valence-electron chi connectivity index (χ2n) is 5.18. The fraction of sp³-hybridized carbons (Fsp3) is 0.500. The van der Waals surface area contributed by atoms with E-state index in [4.69, 9.17) is 5.11 Å². The van der Waals surface area contributed by atoms with E-state index in [9.17, 15) is 18.0 Å². The van der Waals surface area contributed by atoms with E-state index in [-0.39, 0.29) is 12.5 Å². The minimum absolute atomic E-state index is 0.165. The molecule has 2 rings (SSSR count). The van der Waals surface area contributed by atoms with Gasteiger partial charge in [-0.2, -0.15) is 13.2 Å². The standard InChI is InChI=1S/C14H17F3N2O2/c1-18(8-12(20)14(15,16)17)9-13(21)19-7-6-10-4-2-3-5-11(10)19/h2-5,12,20H,6-9H2,1H3. The lowest BCUT2D eigenvalue weighted by molar-refractivity contribution is -0.207. The van der Waals surface area contributed by atoms with Crippen LogP contribution in [0, 0.1) is 0 Å². The molecule has 1 N–H and O–H groups in total. The van der Waals surface area contributed by atoms with Gasteiger partial charge in [-0.3, -0.25) is 9.69 Å². The number of amides is 1. The number of carbonyl (C=O) groups is 1. The highest BCUT2D eigenvalue weighted by Crippen LogP contribution is 2.27. The summed E-state index contributed by atoms with van der Waals surface area (Å²) < 4.78 is 36.8. The lowest BCUT2D eigenvalue weighted by Gasteiger charge is -2.24. The number of likely N-dealkylation sites (N-methyl/N-ethyl adjacent to an activating group) is 1. The zero-order valence-electron chi connectivity index (χ0n) is 11.6. The Morgan fingerprint density at radius 1 is 1.43 bits per heavy atom. The number of aliphatic hydroxyl groups is 1. The van der Waals surface area contributed by atoms with Crippen LogP contribution in [-0.4, -0.2) is 54.9 Å². The average molecular weight is 302 g/mol. The van der Waals surface area contributed by atoms with Crippen LogP contribution in [-0.2, 0) is 11.2 Å². The molecule has 21 heavy (non-hydrogen) atoms. The molecular weight excluding hydrogens is 285 g/mol. The van der Waals surface area contributed by atoms with Crippen molar-refractivity contribution in [3.8, 4) is 0 Å². The molecule has 0 aliphatic carbocycles. The number of para-hydroxylation sites is 1. The van der Waals surface area contributed by atoms with Crippen molar-refractivity contribution in [3.63, 3.8) is 0 Å².